The molecule has 21 heavy (non-hydrogen) atoms. The fraction of sp³-hybridized carbons (Fsp3) is 0.143. The van der Waals surface area contributed by atoms with Crippen molar-refractivity contribution in [3.05, 3.63) is 53.9 Å². The van der Waals surface area contributed by atoms with E-state index < -0.39 is 10.0 Å². The van der Waals surface area contributed by atoms with Crippen LogP contribution in [0.15, 0.2) is 47.5 Å². The largest absolute Gasteiger partial charge is 0.384 e. The Morgan fingerprint density at radius 2 is 2.10 bits per heavy atom. The topological polar surface area (TPSA) is 92.2 Å². The molecule has 0 aliphatic heterocycles. The van der Waals surface area contributed by atoms with E-state index in [-0.39, 0.29) is 18.0 Å². The van der Waals surface area contributed by atoms with Crippen LogP contribution >= 0.6 is 0 Å². The van der Waals surface area contributed by atoms with Gasteiger partial charge in [0.15, 0.2) is 0 Å². The Balaban J connectivity index is 2.16. The first-order chi connectivity index (χ1) is 10.1. The molecule has 0 amide bonds. The number of aliphatic hydroxyl groups is 1. The van der Waals surface area contributed by atoms with Gasteiger partial charge in [-0.2, -0.15) is 10.2 Å². The minimum Gasteiger partial charge on any atom is -0.384 e. The quantitative estimate of drug-likeness (QED) is 0.793. The highest BCUT2D eigenvalue weighted by Gasteiger charge is 2.14. The molecule has 0 saturated carbocycles. The lowest BCUT2D eigenvalue weighted by Gasteiger charge is -2.06. The van der Waals surface area contributed by atoms with Gasteiger partial charge in [0.05, 0.1) is 17.1 Å². The fourth-order valence-electron chi connectivity index (χ4n) is 1.56. The predicted molar refractivity (Wildman–Crippen MR) is 76.5 cm³/mol. The number of rotatable bonds is 4. The van der Waals surface area contributed by atoms with Crippen molar-refractivity contribution in [2.45, 2.75) is 11.4 Å². The Labute approximate surface area is 122 Å². The fourth-order valence-corrected chi connectivity index (χ4v) is 2.61. The molecule has 108 valence electrons. The number of nitrogens with one attached hydrogen (secondary N) is 1. The highest BCUT2D eigenvalue weighted by molar-refractivity contribution is 7.89. The van der Waals surface area contributed by atoms with Crippen LogP contribution in [-0.4, -0.2) is 30.3 Å². The van der Waals surface area contributed by atoms with E-state index in [0.717, 1.165) is 0 Å². The van der Waals surface area contributed by atoms with Gasteiger partial charge < -0.3 is 5.11 Å². The molecule has 0 aliphatic rings. The average molecular weight is 303 g/mol. The summed E-state index contributed by atoms with van der Waals surface area (Å²) in [5.41, 5.74) is 1.05. The molecule has 2 aromatic rings. The second-order valence-electron chi connectivity index (χ2n) is 4.03. The molecule has 0 saturated heterocycles. The summed E-state index contributed by atoms with van der Waals surface area (Å²) < 4.78 is 26.8. The lowest BCUT2D eigenvalue weighted by Crippen LogP contribution is -2.23. The third kappa shape index (κ3) is 4.36. The van der Waals surface area contributed by atoms with E-state index in [9.17, 15) is 8.42 Å². The molecule has 2 N–H and O–H groups in total. The Kier molecular flexibility index (Phi) is 5.00. The lowest BCUT2D eigenvalue weighted by molar-refractivity contribution is 0.350. The summed E-state index contributed by atoms with van der Waals surface area (Å²) in [5, 5.41) is 16.1. The van der Waals surface area contributed by atoms with Crippen LogP contribution in [0.5, 0.6) is 0 Å². The molecule has 0 bridgehead atoms. The molecule has 6 nitrogen and oxygen atoms in total. The monoisotopic (exact) mass is 303 g/mol. The Hall–Kier alpha value is -2.27. The highest BCUT2D eigenvalue weighted by Crippen LogP contribution is 2.11. The number of aromatic nitrogens is 2. The molecule has 1 aromatic carbocycles. The van der Waals surface area contributed by atoms with E-state index in [0.29, 0.717) is 11.3 Å². The Bertz CT molecular complexity index is 765. The van der Waals surface area contributed by atoms with Crippen molar-refractivity contribution < 1.29 is 13.5 Å². The van der Waals surface area contributed by atoms with Crippen molar-refractivity contribution in [1.29, 1.82) is 0 Å². The van der Waals surface area contributed by atoms with Crippen LogP contribution in [0.1, 0.15) is 11.3 Å². The standard InChI is InChI=1S/C14H13N3O3S/c18-9-3-5-12-4-1-7-14(10-12)21(19,20)16-11-13-6-2-8-15-17-13/h1-2,4,6-8,10,16,18H,9,11H2. The number of aliphatic hydroxyl groups excluding tert-OH is 1. The van der Waals surface area contributed by atoms with E-state index in [1.165, 1.54) is 18.3 Å². The number of sulfonamides is 1. The number of nitrogens with zero attached hydrogens (tertiary/aromatic N) is 2. The van der Waals surface area contributed by atoms with Gasteiger partial charge >= 0.3 is 0 Å². The van der Waals surface area contributed by atoms with E-state index in [2.05, 4.69) is 26.8 Å². The maximum atomic E-state index is 12.2. The molecule has 0 unspecified atom stereocenters. The third-order valence-corrected chi connectivity index (χ3v) is 3.93. The van der Waals surface area contributed by atoms with Crippen molar-refractivity contribution in [3.63, 3.8) is 0 Å². The van der Waals surface area contributed by atoms with E-state index in [1.54, 1.807) is 24.3 Å². The van der Waals surface area contributed by atoms with Crippen LogP contribution < -0.4 is 4.72 Å². The third-order valence-electron chi connectivity index (χ3n) is 2.53. The van der Waals surface area contributed by atoms with E-state index in [1.807, 2.05) is 0 Å². The molecule has 0 fully saturated rings. The molecular formula is C14H13N3O3S. The summed E-state index contributed by atoms with van der Waals surface area (Å²) in [6.45, 7) is -0.218. The highest BCUT2D eigenvalue weighted by atomic mass is 32.2. The summed E-state index contributed by atoms with van der Waals surface area (Å²) in [5.74, 6) is 5.14. The first-order valence-electron chi connectivity index (χ1n) is 6.08. The van der Waals surface area contributed by atoms with Crippen molar-refractivity contribution >= 4 is 10.0 Å². The van der Waals surface area contributed by atoms with Gasteiger partial charge in [0.1, 0.15) is 6.61 Å². The molecule has 7 heteroatoms. The molecule has 0 radical (unpaired) electrons. The summed E-state index contributed by atoms with van der Waals surface area (Å²) >= 11 is 0. The number of hydrogen-bond donors (Lipinski definition) is 2. The average Bonchev–Trinajstić information content (AvgIpc) is 2.52. The van der Waals surface area contributed by atoms with Gasteiger partial charge in [-0.05, 0) is 30.3 Å². The van der Waals surface area contributed by atoms with Crippen molar-refractivity contribution in [2.24, 2.45) is 0 Å². The van der Waals surface area contributed by atoms with Crippen molar-refractivity contribution in [3.8, 4) is 11.8 Å². The number of benzene rings is 1. The van der Waals surface area contributed by atoms with Crippen LogP contribution in [0.25, 0.3) is 0 Å². The first-order valence-corrected chi connectivity index (χ1v) is 7.56. The zero-order valence-electron chi connectivity index (χ0n) is 11.0. The van der Waals surface area contributed by atoms with E-state index >= 15 is 0 Å². The minimum atomic E-state index is -3.65. The van der Waals surface area contributed by atoms with Gasteiger partial charge in [-0.1, -0.05) is 17.9 Å². The zero-order chi connectivity index (χ0) is 15.1. The number of hydrogen-bond acceptors (Lipinski definition) is 5. The SMILES string of the molecule is O=S(=O)(NCc1cccnn1)c1cccc(C#CCO)c1. The van der Waals surface area contributed by atoms with Crippen LogP contribution in [0.4, 0.5) is 0 Å². The Morgan fingerprint density at radius 3 is 2.81 bits per heavy atom. The molecule has 0 aliphatic carbocycles. The molecule has 0 atom stereocenters. The van der Waals surface area contributed by atoms with Gasteiger partial charge in [0, 0.05) is 11.8 Å². The van der Waals surface area contributed by atoms with Gasteiger partial charge in [-0.3, -0.25) is 0 Å². The van der Waals surface area contributed by atoms with Gasteiger partial charge in [0.25, 0.3) is 0 Å². The molecule has 1 aromatic heterocycles. The maximum Gasteiger partial charge on any atom is 0.240 e. The minimum absolute atomic E-state index is 0.0583. The summed E-state index contributed by atoms with van der Waals surface area (Å²) in [7, 11) is -3.65. The second kappa shape index (κ2) is 6.95. The zero-order valence-corrected chi connectivity index (χ0v) is 11.8. The van der Waals surface area contributed by atoms with Crippen molar-refractivity contribution in [2.75, 3.05) is 6.61 Å². The maximum absolute atomic E-state index is 12.2. The lowest BCUT2D eigenvalue weighted by atomic mass is 10.2. The smallest absolute Gasteiger partial charge is 0.240 e. The summed E-state index contributed by atoms with van der Waals surface area (Å²) in [6.07, 6.45) is 1.52. The van der Waals surface area contributed by atoms with Crippen LogP contribution in [0.3, 0.4) is 0 Å². The van der Waals surface area contributed by atoms with Crippen LogP contribution in [0, 0.1) is 11.8 Å². The predicted octanol–water partition coefficient (Wildman–Crippen LogP) is 0.299. The normalized spacial score (nSPS) is 10.7. The van der Waals surface area contributed by atoms with Gasteiger partial charge in [0.2, 0.25) is 10.0 Å². The van der Waals surface area contributed by atoms with Gasteiger partial charge in [-0.15, -0.1) is 0 Å². The van der Waals surface area contributed by atoms with Crippen molar-refractivity contribution in [1.82, 2.24) is 14.9 Å². The first kappa shape index (κ1) is 15.1. The molecular weight excluding hydrogens is 290 g/mol. The van der Waals surface area contributed by atoms with Crippen LogP contribution in [-0.2, 0) is 16.6 Å². The van der Waals surface area contributed by atoms with Gasteiger partial charge in [-0.25, -0.2) is 13.1 Å². The molecule has 1 heterocycles. The summed E-state index contributed by atoms with van der Waals surface area (Å²) in [6, 6.07) is 9.55. The van der Waals surface area contributed by atoms with Crippen LogP contribution in [0.2, 0.25) is 0 Å². The second-order valence-corrected chi connectivity index (χ2v) is 5.79. The molecule has 2 rings (SSSR count). The summed E-state index contributed by atoms with van der Waals surface area (Å²) in [4.78, 5) is 0.108. The molecule has 0 spiro atoms. The Morgan fingerprint density at radius 1 is 1.24 bits per heavy atom. The van der Waals surface area contributed by atoms with E-state index in [4.69, 9.17) is 5.11 Å².